The predicted octanol–water partition coefficient (Wildman–Crippen LogP) is 4.86. The number of hydrogen-bond donors (Lipinski definition) is 2. The standard InChI is InChI=1S/C24H24N4O6/c1-13-10-18(15(3)33-13)20-12-19(21-14(2)28-34-23(21)27-20)22(29)25-16-6-5-7-17(11-16)26-24(30)32-9-8-31-4/h5-7,10-12H,8-9H2,1-4H3,(H,25,29)(H,26,30). The fourth-order valence-electron chi connectivity index (χ4n) is 3.54. The van der Waals surface area contributed by atoms with Gasteiger partial charge in [0, 0.05) is 24.0 Å². The number of rotatable bonds is 7. The second kappa shape index (κ2) is 9.75. The molecule has 0 spiro atoms. The van der Waals surface area contributed by atoms with Gasteiger partial charge in [0.25, 0.3) is 11.6 Å². The second-order valence-electron chi connectivity index (χ2n) is 7.62. The molecule has 176 valence electrons. The van der Waals surface area contributed by atoms with Gasteiger partial charge in [0.1, 0.15) is 18.1 Å². The highest BCUT2D eigenvalue weighted by Crippen LogP contribution is 2.31. The maximum atomic E-state index is 13.3. The molecule has 0 unspecified atom stereocenters. The number of methoxy groups -OCH3 is 1. The SMILES string of the molecule is COCCOC(=O)Nc1cccc(NC(=O)c2cc(-c3cc(C)oc3C)nc3onc(C)c23)c1. The van der Waals surface area contributed by atoms with Crippen LogP contribution in [0.25, 0.3) is 22.4 Å². The van der Waals surface area contributed by atoms with Crippen molar-refractivity contribution in [2.24, 2.45) is 0 Å². The van der Waals surface area contributed by atoms with Crippen LogP contribution in [0.2, 0.25) is 0 Å². The van der Waals surface area contributed by atoms with Crippen LogP contribution in [0.1, 0.15) is 27.6 Å². The van der Waals surface area contributed by atoms with Crippen molar-refractivity contribution < 1.29 is 28.0 Å². The zero-order valence-electron chi connectivity index (χ0n) is 19.2. The number of furan rings is 1. The van der Waals surface area contributed by atoms with E-state index in [1.807, 2.05) is 19.9 Å². The summed E-state index contributed by atoms with van der Waals surface area (Å²) in [5.41, 5.74) is 3.41. The number of nitrogens with one attached hydrogen (secondary N) is 2. The minimum atomic E-state index is -0.619. The average Bonchev–Trinajstić information content (AvgIpc) is 3.34. The van der Waals surface area contributed by atoms with Crippen LogP contribution in [0.5, 0.6) is 0 Å². The lowest BCUT2D eigenvalue weighted by Gasteiger charge is -2.10. The van der Waals surface area contributed by atoms with Crippen LogP contribution in [-0.2, 0) is 9.47 Å². The molecule has 4 aromatic rings. The minimum absolute atomic E-state index is 0.132. The molecule has 3 aromatic heterocycles. The number of carbonyl (C=O) groups excluding carboxylic acids is 2. The van der Waals surface area contributed by atoms with Crippen molar-refractivity contribution in [1.82, 2.24) is 10.1 Å². The Bertz CT molecular complexity index is 1360. The summed E-state index contributed by atoms with van der Waals surface area (Å²) in [6.07, 6.45) is -0.619. The molecule has 3 heterocycles. The molecule has 0 saturated carbocycles. The highest BCUT2D eigenvalue weighted by molar-refractivity contribution is 6.13. The zero-order valence-corrected chi connectivity index (χ0v) is 19.2. The number of carbonyl (C=O) groups is 2. The Hall–Kier alpha value is -4.18. The van der Waals surface area contributed by atoms with Crippen molar-refractivity contribution in [2.45, 2.75) is 20.8 Å². The summed E-state index contributed by atoms with van der Waals surface area (Å²) in [5.74, 6) is 1.04. The Balaban J connectivity index is 1.60. The molecular formula is C24H24N4O6. The van der Waals surface area contributed by atoms with E-state index in [1.165, 1.54) is 7.11 Å². The van der Waals surface area contributed by atoms with Crippen LogP contribution in [0, 0.1) is 20.8 Å². The van der Waals surface area contributed by atoms with E-state index < -0.39 is 6.09 Å². The first-order valence-electron chi connectivity index (χ1n) is 10.5. The van der Waals surface area contributed by atoms with E-state index in [0.29, 0.717) is 46.1 Å². The van der Waals surface area contributed by atoms with Gasteiger partial charge in [-0.15, -0.1) is 0 Å². The maximum Gasteiger partial charge on any atom is 0.411 e. The summed E-state index contributed by atoms with van der Waals surface area (Å²) >= 11 is 0. The van der Waals surface area contributed by atoms with E-state index in [2.05, 4.69) is 20.8 Å². The third-order valence-electron chi connectivity index (χ3n) is 5.07. The summed E-state index contributed by atoms with van der Waals surface area (Å²) < 4.78 is 20.8. The summed E-state index contributed by atoms with van der Waals surface area (Å²) in [4.78, 5) is 29.7. The molecule has 1 aromatic carbocycles. The molecule has 34 heavy (non-hydrogen) atoms. The Kier molecular flexibility index (Phi) is 6.60. The smallest absolute Gasteiger partial charge is 0.411 e. The highest BCUT2D eigenvalue weighted by Gasteiger charge is 2.21. The summed E-state index contributed by atoms with van der Waals surface area (Å²) in [6, 6.07) is 10.3. The monoisotopic (exact) mass is 464 g/mol. The molecule has 10 heteroatoms. The predicted molar refractivity (Wildman–Crippen MR) is 125 cm³/mol. The maximum absolute atomic E-state index is 13.3. The lowest BCUT2D eigenvalue weighted by Crippen LogP contribution is -2.17. The number of fused-ring (bicyclic) bond motifs is 1. The lowest BCUT2D eigenvalue weighted by atomic mass is 10.1. The van der Waals surface area contributed by atoms with Crippen LogP contribution in [0.4, 0.5) is 16.2 Å². The molecule has 4 rings (SSSR count). The van der Waals surface area contributed by atoms with Gasteiger partial charge in [-0.3, -0.25) is 10.1 Å². The van der Waals surface area contributed by atoms with Gasteiger partial charge in [-0.1, -0.05) is 11.2 Å². The molecule has 0 saturated heterocycles. The van der Waals surface area contributed by atoms with Gasteiger partial charge in [0.05, 0.1) is 28.9 Å². The fraction of sp³-hybridized carbons (Fsp3) is 0.250. The van der Waals surface area contributed by atoms with Gasteiger partial charge < -0.3 is 23.7 Å². The Labute approximate surface area is 195 Å². The van der Waals surface area contributed by atoms with E-state index in [9.17, 15) is 9.59 Å². The van der Waals surface area contributed by atoms with Crippen molar-refractivity contribution in [1.29, 1.82) is 0 Å². The Morgan fingerprint density at radius 1 is 1.03 bits per heavy atom. The third-order valence-corrected chi connectivity index (χ3v) is 5.07. The third kappa shape index (κ3) is 4.91. The normalized spacial score (nSPS) is 10.9. The zero-order chi connectivity index (χ0) is 24.2. The van der Waals surface area contributed by atoms with Crippen molar-refractivity contribution in [3.8, 4) is 11.3 Å². The summed E-state index contributed by atoms with van der Waals surface area (Å²) in [7, 11) is 1.52. The number of ether oxygens (including phenoxy) is 2. The van der Waals surface area contributed by atoms with Gasteiger partial charge >= 0.3 is 6.09 Å². The topological polar surface area (TPSA) is 129 Å². The molecular weight excluding hydrogens is 440 g/mol. The van der Waals surface area contributed by atoms with Crippen molar-refractivity contribution >= 4 is 34.5 Å². The molecule has 0 radical (unpaired) electrons. The average molecular weight is 464 g/mol. The molecule has 2 amide bonds. The minimum Gasteiger partial charge on any atom is -0.466 e. The van der Waals surface area contributed by atoms with Crippen LogP contribution in [-0.4, -0.2) is 42.5 Å². The largest absolute Gasteiger partial charge is 0.466 e. The Morgan fingerprint density at radius 3 is 2.50 bits per heavy atom. The number of benzene rings is 1. The van der Waals surface area contributed by atoms with Crippen LogP contribution in [0.3, 0.4) is 0 Å². The second-order valence-corrected chi connectivity index (χ2v) is 7.62. The van der Waals surface area contributed by atoms with E-state index in [0.717, 1.165) is 11.3 Å². The van der Waals surface area contributed by atoms with E-state index in [1.54, 1.807) is 37.3 Å². The van der Waals surface area contributed by atoms with Gasteiger partial charge in [0.2, 0.25) is 0 Å². The van der Waals surface area contributed by atoms with E-state index >= 15 is 0 Å². The van der Waals surface area contributed by atoms with Crippen LogP contribution >= 0.6 is 0 Å². The molecule has 0 bridgehead atoms. The first-order valence-corrected chi connectivity index (χ1v) is 10.5. The first-order chi connectivity index (χ1) is 16.4. The summed E-state index contributed by atoms with van der Waals surface area (Å²) in [6.45, 7) is 5.85. The van der Waals surface area contributed by atoms with E-state index in [-0.39, 0.29) is 18.2 Å². The summed E-state index contributed by atoms with van der Waals surface area (Å²) in [5, 5.41) is 9.97. The van der Waals surface area contributed by atoms with Gasteiger partial charge in [-0.05, 0) is 51.1 Å². The fourth-order valence-corrected chi connectivity index (χ4v) is 3.54. The lowest BCUT2D eigenvalue weighted by molar-refractivity contribution is 0.102. The highest BCUT2D eigenvalue weighted by atomic mass is 16.6. The van der Waals surface area contributed by atoms with Crippen molar-refractivity contribution in [3.63, 3.8) is 0 Å². The number of aryl methyl sites for hydroxylation is 3. The van der Waals surface area contributed by atoms with Crippen molar-refractivity contribution in [3.05, 3.63) is 59.2 Å². The number of hydrogen-bond acceptors (Lipinski definition) is 8. The van der Waals surface area contributed by atoms with Gasteiger partial charge in [-0.25, -0.2) is 9.78 Å². The first kappa shape index (κ1) is 23.0. The van der Waals surface area contributed by atoms with Crippen LogP contribution < -0.4 is 10.6 Å². The number of pyridine rings is 1. The molecule has 0 aliphatic rings. The number of aromatic nitrogens is 2. The number of amides is 2. The molecule has 0 aliphatic carbocycles. The Morgan fingerprint density at radius 2 is 1.79 bits per heavy atom. The number of nitrogens with zero attached hydrogens (tertiary/aromatic N) is 2. The van der Waals surface area contributed by atoms with Gasteiger partial charge in [-0.2, -0.15) is 0 Å². The molecule has 10 nitrogen and oxygen atoms in total. The molecule has 0 aliphatic heterocycles. The van der Waals surface area contributed by atoms with Crippen molar-refractivity contribution in [2.75, 3.05) is 31.0 Å². The molecule has 2 N–H and O–H groups in total. The molecule has 0 atom stereocenters. The van der Waals surface area contributed by atoms with E-state index in [4.69, 9.17) is 18.4 Å². The molecule has 0 fully saturated rings. The quantitative estimate of drug-likeness (QED) is 0.371. The van der Waals surface area contributed by atoms with Gasteiger partial charge in [0.15, 0.2) is 0 Å². The van der Waals surface area contributed by atoms with Crippen LogP contribution in [0.15, 0.2) is 45.3 Å². The number of anilines is 2.